The highest BCUT2D eigenvalue weighted by Crippen LogP contribution is 2.11. The van der Waals surface area contributed by atoms with Crippen LogP contribution in [0, 0.1) is 6.61 Å². The molecule has 0 aliphatic rings. The van der Waals surface area contributed by atoms with Crippen LogP contribution in [0.15, 0.2) is 0 Å². The molecule has 0 heterocycles. The van der Waals surface area contributed by atoms with Crippen molar-refractivity contribution in [1.82, 2.24) is 0 Å². The highest BCUT2D eigenvalue weighted by Gasteiger charge is 2.10. The Morgan fingerprint density at radius 3 is 2.44 bits per heavy atom. The van der Waals surface area contributed by atoms with E-state index in [0.717, 1.165) is 6.42 Å². The Morgan fingerprint density at radius 1 is 1.56 bits per heavy atom. The minimum atomic E-state index is -1.93. The molecular weight excluding hydrogens is 126 g/mol. The van der Waals surface area contributed by atoms with E-state index in [1.165, 1.54) is 0 Å². The fourth-order valence-corrected chi connectivity index (χ4v) is 0.618. The van der Waals surface area contributed by atoms with Crippen LogP contribution < -0.4 is 0 Å². The summed E-state index contributed by atoms with van der Waals surface area (Å²) in [5.41, 5.74) is 0. The van der Waals surface area contributed by atoms with Crippen molar-refractivity contribution in [2.75, 3.05) is 0 Å². The number of ether oxygens (including phenoxy) is 1. The zero-order valence-corrected chi connectivity index (χ0v) is 5.66. The van der Waals surface area contributed by atoms with E-state index >= 15 is 0 Å². The lowest BCUT2D eigenvalue weighted by Gasteiger charge is -2.07. The van der Waals surface area contributed by atoms with Gasteiger partial charge in [-0.1, -0.05) is 13.3 Å². The van der Waals surface area contributed by atoms with Gasteiger partial charge in [-0.2, -0.15) is 8.78 Å². The summed E-state index contributed by atoms with van der Waals surface area (Å²) in [5.74, 6) is 0. The second-order valence-corrected chi connectivity index (χ2v) is 1.94. The Bertz CT molecular complexity index is 66.1. The fraction of sp³-hybridized carbons (Fsp3) is 0.833. The molecule has 9 heavy (non-hydrogen) atoms. The maximum Gasteiger partial charge on any atom is 0.448 e. The van der Waals surface area contributed by atoms with E-state index in [-0.39, 0.29) is 6.10 Å². The maximum atomic E-state index is 11.3. The summed E-state index contributed by atoms with van der Waals surface area (Å²) >= 11 is 0. The molecule has 1 nitrogen and oxygen atoms in total. The van der Waals surface area contributed by atoms with Crippen LogP contribution in [0.4, 0.5) is 8.78 Å². The quantitative estimate of drug-likeness (QED) is 0.578. The van der Waals surface area contributed by atoms with Gasteiger partial charge < -0.3 is 4.74 Å². The summed E-state index contributed by atoms with van der Waals surface area (Å²) < 4.78 is 26.7. The van der Waals surface area contributed by atoms with E-state index in [1.54, 1.807) is 6.92 Å². The van der Waals surface area contributed by atoms with E-state index in [0.29, 0.717) is 6.42 Å². The van der Waals surface area contributed by atoms with Gasteiger partial charge >= 0.3 is 6.61 Å². The molecule has 0 saturated heterocycles. The van der Waals surface area contributed by atoms with Gasteiger partial charge in [0.25, 0.3) is 0 Å². The minimum absolute atomic E-state index is 0.347. The Hall–Kier alpha value is -0.180. The van der Waals surface area contributed by atoms with Crippen molar-refractivity contribution in [3.63, 3.8) is 0 Å². The van der Waals surface area contributed by atoms with Gasteiger partial charge in [0, 0.05) is 0 Å². The maximum absolute atomic E-state index is 11.3. The van der Waals surface area contributed by atoms with E-state index in [2.05, 4.69) is 4.74 Å². The van der Waals surface area contributed by atoms with Gasteiger partial charge in [0.1, 0.15) is 0 Å². The topological polar surface area (TPSA) is 9.23 Å². The summed E-state index contributed by atoms with van der Waals surface area (Å²) in [6, 6.07) is 0. The molecule has 0 spiro atoms. The first kappa shape index (κ1) is 8.82. The number of rotatable bonds is 4. The third-order valence-electron chi connectivity index (χ3n) is 0.985. The van der Waals surface area contributed by atoms with Gasteiger partial charge in [-0.05, 0) is 13.3 Å². The Balaban J connectivity index is 3.15. The Morgan fingerprint density at radius 2 is 2.11 bits per heavy atom. The van der Waals surface area contributed by atoms with E-state index < -0.39 is 6.61 Å². The molecule has 0 bridgehead atoms. The summed E-state index contributed by atoms with van der Waals surface area (Å²) in [7, 11) is 0. The normalized spacial score (nSPS) is 14.3. The van der Waals surface area contributed by atoms with Crippen LogP contribution in [0.2, 0.25) is 0 Å². The van der Waals surface area contributed by atoms with Gasteiger partial charge in [-0.25, -0.2) is 0 Å². The molecule has 3 heteroatoms. The van der Waals surface area contributed by atoms with Crippen molar-refractivity contribution in [1.29, 1.82) is 0 Å². The molecular formula is C6H11F2O. The van der Waals surface area contributed by atoms with Crippen molar-refractivity contribution in [2.45, 2.75) is 32.8 Å². The summed E-state index contributed by atoms with van der Waals surface area (Å²) in [4.78, 5) is 0. The van der Waals surface area contributed by atoms with E-state index in [4.69, 9.17) is 0 Å². The molecule has 0 amide bonds. The first-order valence-electron chi connectivity index (χ1n) is 3.01. The van der Waals surface area contributed by atoms with Gasteiger partial charge in [0.2, 0.25) is 0 Å². The van der Waals surface area contributed by atoms with Crippen molar-refractivity contribution >= 4 is 0 Å². The summed E-state index contributed by atoms with van der Waals surface area (Å²) in [6.07, 6.45) is 1.20. The first-order valence-corrected chi connectivity index (χ1v) is 3.01. The lowest BCUT2D eigenvalue weighted by atomic mass is 10.2. The zero-order valence-electron chi connectivity index (χ0n) is 5.66. The number of hydrogen-bond acceptors (Lipinski definition) is 1. The van der Waals surface area contributed by atoms with Crippen molar-refractivity contribution in [3.05, 3.63) is 6.61 Å². The average molecular weight is 137 g/mol. The third-order valence-corrected chi connectivity index (χ3v) is 0.985. The summed E-state index contributed by atoms with van der Waals surface area (Å²) in [5, 5.41) is 0. The molecule has 0 aromatic carbocycles. The van der Waals surface area contributed by atoms with Crippen molar-refractivity contribution in [2.24, 2.45) is 0 Å². The first-order chi connectivity index (χ1) is 4.16. The molecule has 0 aromatic rings. The SMILES string of the molecule is CCCC(C)O[C](F)F. The van der Waals surface area contributed by atoms with Crippen LogP contribution in [-0.4, -0.2) is 6.10 Å². The zero-order chi connectivity index (χ0) is 7.28. The third kappa shape index (κ3) is 5.69. The highest BCUT2D eigenvalue weighted by atomic mass is 19.3. The van der Waals surface area contributed by atoms with Crippen LogP contribution in [0.1, 0.15) is 26.7 Å². The predicted molar refractivity (Wildman–Crippen MR) is 30.9 cm³/mol. The number of halogens is 2. The van der Waals surface area contributed by atoms with Gasteiger partial charge in [0.15, 0.2) is 0 Å². The molecule has 1 atom stereocenters. The van der Waals surface area contributed by atoms with Crippen LogP contribution in [0.3, 0.4) is 0 Å². The van der Waals surface area contributed by atoms with Gasteiger partial charge in [-0.15, -0.1) is 0 Å². The van der Waals surface area contributed by atoms with Crippen LogP contribution in [0.25, 0.3) is 0 Å². The van der Waals surface area contributed by atoms with Crippen molar-refractivity contribution in [3.8, 4) is 0 Å². The molecule has 0 aromatic heterocycles. The fourth-order valence-electron chi connectivity index (χ4n) is 0.618. The molecule has 0 N–H and O–H groups in total. The van der Waals surface area contributed by atoms with Gasteiger partial charge in [0.05, 0.1) is 6.10 Å². The van der Waals surface area contributed by atoms with E-state index in [1.807, 2.05) is 6.92 Å². The van der Waals surface area contributed by atoms with Gasteiger partial charge in [-0.3, -0.25) is 0 Å². The minimum Gasteiger partial charge on any atom is -0.310 e. The second-order valence-electron chi connectivity index (χ2n) is 1.94. The smallest absolute Gasteiger partial charge is 0.310 e. The van der Waals surface area contributed by atoms with Crippen molar-refractivity contribution < 1.29 is 13.5 Å². The molecule has 1 radical (unpaired) electrons. The molecule has 0 saturated carbocycles. The largest absolute Gasteiger partial charge is 0.448 e. The molecule has 55 valence electrons. The standard InChI is InChI=1S/C6H11F2O/c1-3-4-5(2)9-6(7)8/h5H,3-4H2,1-2H3. The van der Waals surface area contributed by atoms with E-state index in [9.17, 15) is 8.78 Å². The highest BCUT2D eigenvalue weighted by molar-refractivity contribution is 4.51. The molecule has 0 aliphatic heterocycles. The Labute approximate surface area is 54.0 Å². The predicted octanol–water partition coefficient (Wildman–Crippen LogP) is 2.58. The summed E-state index contributed by atoms with van der Waals surface area (Å²) in [6.45, 7) is 1.62. The van der Waals surface area contributed by atoms with Crippen LogP contribution in [-0.2, 0) is 4.74 Å². The molecule has 0 rings (SSSR count). The molecule has 1 unspecified atom stereocenters. The monoisotopic (exact) mass is 137 g/mol. The molecule has 0 fully saturated rings. The van der Waals surface area contributed by atoms with Crippen LogP contribution in [0.5, 0.6) is 0 Å². The Kier molecular flexibility index (Phi) is 4.58. The lowest BCUT2D eigenvalue weighted by Crippen LogP contribution is -2.06. The average Bonchev–Trinajstić information content (AvgIpc) is 1.63. The van der Waals surface area contributed by atoms with Crippen LogP contribution >= 0.6 is 0 Å². The number of hydrogen-bond donors (Lipinski definition) is 0. The lowest BCUT2D eigenvalue weighted by molar-refractivity contribution is -0.0598. The second kappa shape index (κ2) is 4.68. The molecule has 0 aliphatic carbocycles.